The number of nitrogens with zero attached hydrogens (tertiary/aromatic N) is 1. The molecule has 2 heteroatoms. The first-order valence-electron chi connectivity index (χ1n) is 7.97. The standard InChI is InChI=1S/C19H23NO/c1-17(2)14-9-10-18(3,12-14)19(17,21)15-8-4-6-13-7-5-11-20-16(13)15/h4-8,11,14,21H,9-10,12H2,1-3H3. The molecule has 2 aliphatic carbocycles. The van der Waals surface area contributed by atoms with Gasteiger partial charge in [-0.15, -0.1) is 0 Å². The van der Waals surface area contributed by atoms with E-state index in [4.69, 9.17) is 0 Å². The van der Waals surface area contributed by atoms with Gasteiger partial charge in [0.25, 0.3) is 0 Å². The molecule has 0 saturated heterocycles. The third kappa shape index (κ3) is 1.39. The number of fused-ring (bicyclic) bond motifs is 3. The van der Waals surface area contributed by atoms with Crippen LogP contribution in [0.25, 0.3) is 10.9 Å². The molecule has 2 aliphatic rings. The van der Waals surface area contributed by atoms with Crippen molar-refractivity contribution in [3.63, 3.8) is 0 Å². The van der Waals surface area contributed by atoms with Crippen LogP contribution in [0.3, 0.4) is 0 Å². The molecule has 2 nitrogen and oxygen atoms in total. The van der Waals surface area contributed by atoms with Crippen molar-refractivity contribution in [2.24, 2.45) is 16.7 Å². The highest BCUT2D eigenvalue weighted by Crippen LogP contribution is 2.72. The molecule has 1 aromatic carbocycles. The first-order chi connectivity index (χ1) is 9.90. The van der Waals surface area contributed by atoms with Crippen LogP contribution in [0.15, 0.2) is 36.5 Å². The van der Waals surface area contributed by atoms with E-state index in [1.165, 1.54) is 6.42 Å². The first-order valence-corrected chi connectivity index (χ1v) is 7.97. The highest BCUT2D eigenvalue weighted by atomic mass is 16.3. The van der Waals surface area contributed by atoms with Crippen LogP contribution in [-0.4, -0.2) is 10.1 Å². The van der Waals surface area contributed by atoms with E-state index in [1.54, 1.807) is 0 Å². The van der Waals surface area contributed by atoms with Crippen molar-refractivity contribution in [2.45, 2.75) is 45.6 Å². The van der Waals surface area contributed by atoms with Crippen LogP contribution in [0.4, 0.5) is 0 Å². The molecule has 2 bridgehead atoms. The molecule has 3 atom stereocenters. The zero-order chi connectivity index (χ0) is 14.9. The lowest BCUT2D eigenvalue weighted by molar-refractivity contribution is -0.149. The quantitative estimate of drug-likeness (QED) is 0.847. The third-order valence-electron chi connectivity index (χ3n) is 6.59. The lowest BCUT2D eigenvalue weighted by atomic mass is 9.57. The summed E-state index contributed by atoms with van der Waals surface area (Å²) < 4.78 is 0. The van der Waals surface area contributed by atoms with E-state index in [-0.39, 0.29) is 10.8 Å². The predicted octanol–water partition coefficient (Wildman–Crippen LogP) is 4.27. The largest absolute Gasteiger partial charge is 0.384 e. The number of para-hydroxylation sites is 1. The number of aromatic nitrogens is 1. The number of pyridine rings is 1. The molecule has 110 valence electrons. The van der Waals surface area contributed by atoms with Crippen molar-refractivity contribution in [1.82, 2.24) is 4.98 Å². The van der Waals surface area contributed by atoms with Gasteiger partial charge in [-0.3, -0.25) is 4.98 Å². The summed E-state index contributed by atoms with van der Waals surface area (Å²) in [6, 6.07) is 10.3. The molecule has 0 radical (unpaired) electrons. The summed E-state index contributed by atoms with van der Waals surface area (Å²) in [6.45, 7) is 6.75. The number of hydrogen-bond donors (Lipinski definition) is 1. The second kappa shape index (κ2) is 3.86. The molecule has 1 heterocycles. The Hall–Kier alpha value is -1.41. The van der Waals surface area contributed by atoms with Crippen LogP contribution in [0.1, 0.15) is 45.6 Å². The molecular weight excluding hydrogens is 258 g/mol. The highest BCUT2D eigenvalue weighted by molar-refractivity contribution is 5.82. The van der Waals surface area contributed by atoms with Gasteiger partial charge in [-0.2, -0.15) is 0 Å². The summed E-state index contributed by atoms with van der Waals surface area (Å²) in [5.74, 6) is 0.603. The van der Waals surface area contributed by atoms with Crippen LogP contribution in [-0.2, 0) is 5.60 Å². The molecular formula is C19H23NO. The molecule has 1 N–H and O–H groups in total. The van der Waals surface area contributed by atoms with Crippen molar-refractivity contribution in [3.05, 3.63) is 42.1 Å². The minimum absolute atomic E-state index is 0.0348. The average molecular weight is 281 g/mol. The summed E-state index contributed by atoms with van der Waals surface area (Å²) in [4.78, 5) is 4.59. The van der Waals surface area contributed by atoms with E-state index in [0.717, 1.165) is 29.3 Å². The molecule has 0 aliphatic heterocycles. The number of benzene rings is 1. The average Bonchev–Trinajstić information content (AvgIpc) is 2.95. The van der Waals surface area contributed by atoms with Crippen molar-refractivity contribution in [3.8, 4) is 0 Å². The SMILES string of the molecule is CC12CCC(C1)C(C)(C)C2(O)c1cccc2cccnc12. The Morgan fingerprint density at radius 2 is 1.90 bits per heavy atom. The highest BCUT2D eigenvalue weighted by Gasteiger charge is 2.69. The molecule has 0 amide bonds. The van der Waals surface area contributed by atoms with Crippen molar-refractivity contribution < 1.29 is 5.11 Å². The summed E-state index contributed by atoms with van der Waals surface area (Å²) in [5.41, 5.74) is 1.05. The molecule has 2 fully saturated rings. The Morgan fingerprint density at radius 3 is 2.62 bits per heavy atom. The molecule has 2 saturated carbocycles. The van der Waals surface area contributed by atoms with Crippen molar-refractivity contribution >= 4 is 10.9 Å². The molecule has 0 spiro atoms. The Bertz CT molecular complexity index is 710. The van der Waals surface area contributed by atoms with Crippen molar-refractivity contribution in [1.29, 1.82) is 0 Å². The lowest BCUT2D eigenvalue weighted by Gasteiger charge is -2.51. The van der Waals surface area contributed by atoms with E-state index < -0.39 is 5.60 Å². The Morgan fingerprint density at radius 1 is 1.14 bits per heavy atom. The van der Waals surface area contributed by atoms with Crippen molar-refractivity contribution in [2.75, 3.05) is 0 Å². The second-order valence-electron chi connectivity index (χ2n) is 7.81. The lowest BCUT2D eigenvalue weighted by Crippen LogP contribution is -2.51. The summed E-state index contributed by atoms with van der Waals surface area (Å²) >= 11 is 0. The second-order valence-corrected chi connectivity index (χ2v) is 7.81. The summed E-state index contributed by atoms with van der Waals surface area (Å²) in [7, 11) is 0. The summed E-state index contributed by atoms with van der Waals surface area (Å²) in [6.07, 6.45) is 5.31. The molecule has 1 aromatic heterocycles. The number of aliphatic hydroxyl groups is 1. The van der Waals surface area contributed by atoms with Gasteiger partial charge in [0.05, 0.1) is 5.52 Å². The normalized spacial score (nSPS) is 37.2. The zero-order valence-corrected chi connectivity index (χ0v) is 13.1. The van der Waals surface area contributed by atoms with Crippen LogP contribution in [0, 0.1) is 16.7 Å². The van der Waals surface area contributed by atoms with Gasteiger partial charge in [0.2, 0.25) is 0 Å². The van der Waals surface area contributed by atoms with Gasteiger partial charge in [-0.05, 0) is 31.2 Å². The fourth-order valence-corrected chi connectivity index (χ4v) is 5.33. The van der Waals surface area contributed by atoms with Gasteiger partial charge in [0.15, 0.2) is 0 Å². The molecule has 4 rings (SSSR count). The Labute approximate surface area is 126 Å². The Balaban J connectivity index is 2.03. The van der Waals surface area contributed by atoms with E-state index >= 15 is 0 Å². The van der Waals surface area contributed by atoms with Gasteiger partial charge in [0.1, 0.15) is 5.60 Å². The topological polar surface area (TPSA) is 33.1 Å². The minimum atomic E-state index is -0.795. The number of rotatable bonds is 1. The van der Waals surface area contributed by atoms with Gasteiger partial charge < -0.3 is 5.11 Å². The Kier molecular flexibility index (Phi) is 2.44. The van der Waals surface area contributed by atoms with Crippen LogP contribution in [0.5, 0.6) is 0 Å². The third-order valence-corrected chi connectivity index (χ3v) is 6.59. The smallest absolute Gasteiger partial charge is 0.102 e. The van der Waals surface area contributed by atoms with E-state index in [1.807, 2.05) is 12.3 Å². The maximum atomic E-state index is 11.9. The first kappa shape index (κ1) is 13.3. The van der Waals surface area contributed by atoms with Gasteiger partial charge in [-0.1, -0.05) is 45.0 Å². The van der Waals surface area contributed by atoms with Gasteiger partial charge in [-0.25, -0.2) is 0 Å². The fourth-order valence-electron chi connectivity index (χ4n) is 5.33. The maximum absolute atomic E-state index is 11.9. The summed E-state index contributed by atoms with van der Waals surface area (Å²) in [5, 5.41) is 13.0. The predicted molar refractivity (Wildman–Crippen MR) is 84.9 cm³/mol. The van der Waals surface area contributed by atoms with Crippen LogP contribution in [0.2, 0.25) is 0 Å². The van der Waals surface area contributed by atoms with Gasteiger partial charge >= 0.3 is 0 Å². The maximum Gasteiger partial charge on any atom is 0.102 e. The van der Waals surface area contributed by atoms with Gasteiger partial charge in [0, 0.05) is 28.0 Å². The van der Waals surface area contributed by atoms with Crippen LogP contribution < -0.4 is 0 Å². The van der Waals surface area contributed by atoms with E-state index in [0.29, 0.717) is 5.92 Å². The molecule has 21 heavy (non-hydrogen) atoms. The minimum Gasteiger partial charge on any atom is -0.384 e. The molecule has 2 aromatic rings. The van der Waals surface area contributed by atoms with E-state index in [2.05, 4.69) is 50.0 Å². The van der Waals surface area contributed by atoms with Crippen LogP contribution >= 0.6 is 0 Å². The molecule has 3 unspecified atom stereocenters. The van der Waals surface area contributed by atoms with E-state index in [9.17, 15) is 5.11 Å². The fraction of sp³-hybridized carbons (Fsp3) is 0.526. The zero-order valence-electron chi connectivity index (χ0n) is 13.1. The monoisotopic (exact) mass is 281 g/mol. The number of hydrogen-bond acceptors (Lipinski definition) is 2.